The molecule has 0 atom stereocenters. The molecule has 1 heterocycles. The van der Waals surface area contributed by atoms with Crippen LogP contribution in [-0.4, -0.2) is 24.7 Å². The average Bonchev–Trinajstić information content (AvgIpc) is 2.50. The quantitative estimate of drug-likeness (QED) is 0.405. The van der Waals surface area contributed by atoms with E-state index >= 15 is 0 Å². The average molecular weight is 315 g/mol. The van der Waals surface area contributed by atoms with Crippen LogP contribution in [0.5, 0.6) is 0 Å². The molecule has 23 heavy (non-hydrogen) atoms. The Morgan fingerprint density at radius 1 is 0.696 bits per heavy atom. The number of non-ortho nitro benzene ring substituents is 3. The molecule has 11 nitrogen and oxygen atoms in total. The summed E-state index contributed by atoms with van der Waals surface area (Å²) in [4.78, 5) is 38.6. The summed E-state index contributed by atoms with van der Waals surface area (Å²) in [5, 5.41) is 32.7. The van der Waals surface area contributed by atoms with E-state index in [-0.39, 0.29) is 27.8 Å². The zero-order valence-corrected chi connectivity index (χ0v) is 11.1. The van der Waals surface area contributed by atoms with Crippen LogP contribution in [0.1, 0.15) is 0 Å². The van der Waals surface area contributed by atoms with E-state index < -0.39 is 26.1 Å². The number of aromatic nitrogens is 2. The van der Waals surface area contributed by atoms with Crippen molar-refractivity contribution in [1.82, 2.24) is 9.97 Å². The van der Waals surface area contributed by atoms with Gasteiger partial charge in [0.25, 0.3) is 11.4 Å². The molecule has 0 aliphatic heterocycles. The SMILES string of the molecule is O=[N+]([O-])c1ccc2nc3c([N+](=O)[O-])cc([N+](=O)[O-])cc3nc2c1. The highest BCUT2D eigenvalue weighted by Crippen LogP contribution is 2.30. The normalized spacial score (nSPS) is 10.8. The van der Waals surface area contributed by atoms with Gasteiger partial charge in [-0.1, -0.05) is 0 Å². The van der Waals surface area contributed by atoms with E-state index in [1.54, 1.807) is 0 Å². The van der Waals surface area contributed by atoms with Gasteiger partial charge in [0.1, 0.15) is 5.52 Å². The van der Waals surface area contributed by atoms with Gasteiger partial charge in [0, 0.05) is 18.2 Å². The molecule has 0 bridgehead atoms. The van der Waals surface area contributed by atoms with Crippen LogP contribution >= 0.6 is 0 Å². The van der Waals surface area contributed by atoms with Crippen LogP contribution in [0.25, 0.3) is 22.1 Å². The molecule has 0 fully saturated rings. The predicted octanol–water partition coefficient (Wildman–Crippen LogP) is 2.51. The number of benzene rings is 2. The highest BCUT2D eigenvalue weighted by molar-refractivity contribution is 5.93. The Morgan fingerprint density at radius 3 is 1.96 bits per heavy atom. The first-order chi connectivity index (χ1) is 10.9. The van der Waals surface area contributed by atoms with E-state index in [9.17, 15) is 30.3 Å². The number of hydrogen-bond acceptors (Lipinski definition) is 8. The van der Waals surface area contributed by atoms with Crippen LogP contribution in [0, 0.1) is 30.3 Å². The minimum atomic E-state index is -0.790. The van der Waals surface area contributed by atoms with E-state index in [1.807, 2.05) is 0 Å². The van der Waals surface area contributed by atoms with Gasteiger partial charge in [-0.05, 0) is 6.07 Å². The Hall–Kier alpha value is -3.76. The lowest BCUT2D eigenvalue weighted by molar-refractivity contribution is -0.393. The van der Waals surface area contributed by atoms with Crippen LogP contribution in [0.2, 0.25) is 0 Å². The molecule has 0 saturated carbocycles. The molecular formula is C12H5N5O6. The fraction of sp³-hybridized carbons (Fsp3) is 0. The van der Waals surface area contributed by atoms with Crippen molar-refractivity contribution < 1.29 is 14.8 Å². The molecule has 0 saturated heterocycles. The van der Waals surface area contributed by atoms with Crippen molar-refractivity contribution in [3.8, 4) is 0 Å². The summed E-state index contributed by atoms with van der Waals surface area (Å²) in [5.41, 5.74) is -1.18. The standard InChI is InChI=1S/C12H5N5O6/c18-15(19)6-1-2-8-9(3-6)13-10-4-7(16(20)21)5-11(17(22)23)12(10)14-8/h1-5H. The molecule has 0 aliphatic carbocycles. The zero-order valence-electron chi connectivity index (χ0n) is 11.1. The number of nitrogens with zero attached hydrogens (tertiary/aromatic N) is 5. The number of nitro benzene ring substituents is 3. The molecular weight excluding hydrogens is 310 g/mol. The van der Waals surface area contributed by atoms with Crippen molar-refractivity contribution in [3.05, 3.63) is 60.7 Å². The summed E-state index contributed by atoms with van der Waals surface area (Å²) in [6, 6.07) is 5.49. The molecule has 0 radical (unpaired) electrons. The third-order valence-electron chi connectivity index (χ3n) is 3.10. The second-order valence-corrected chi connectivity index (χ2v) is 4.50. The van der Waals surface area contributed by atoms with Gasteiger partial charge in [0.15, 0.2) is 5.52 Å². The number of hydrogen-bond donors (Lipinski definition) is 0. The minimum absolute atomic E-state index is 0.0844. The number of nitro groups is 3. The molecule has 0 aliphatic rings. The molecule has 0 unspecified atom stereocenters. The minimum Gasteiger partial charge on any atom is -0.258 e. The third kappa shape index (κ3) is 2.35. The summed E-state index contributed by atoms with van der Waals surface area (Å²) >= 11 is 0. The largest absolute Gasteiger partial charge is 0.303 e. The van der Waals surface area contributed by atoms with Gasteiger partial charge < -0.3 is 0 Å². The smallest absolute Gasteiger partial charge is 0.258 e. The van der Waals surface area contributed by atoms with E-state index in [4.69, 9.17) is 0 Å². The molecule has 3 aromatic rings. The molecule has 3 rings (SSSR count). The fourth-order valence-electron chi connectivity index (χ4n) is 2.09. The second-order valence-electron chi connectivity index (χ2n) is 4.50. The van der Waals surface area contributed by atoms with Crippen molar-refractivity contribution in [2.24, 2.45) is 0 Å². The van der Waals surface area contributed by atoms with E-state index in [0.717, 1.165) is 18.2 Å². The van der Waals surface area contributed by atoms with Gasteiger partial charge in [-0.3, -0.25) is 30.3 Å². The number of fused-ring (bicyclic) bond motifs is 2. The summed E-state index contributed by atoms with van der Waals surface area (Å²) in [7, 11) is 0. The van der Waals surface area contributed by atoms with E-state index in [1.165, 1.54) is 12.1 Å². The Kier molecular flexibility index (Phi) is 3.03. The topological polar surface area (TPSA) is 155 Å². The third-order valence-corrected chi connectivity index (χ3v) is 3.10. The first kappa shape index (κ1) is 14.2. The van der Waals surface area contributed by atoms with Crippen molar-refractivity contribution in [1.29, 1.82) is 0 Å². The lowest BCUT2D eigenvalue weighted by Gasteiger charge is -2.02. The van der Waals surface area contributed by atoms with E-state index in [0.29, 0.717) is 0 Å². The molecule has 114 valence electrons. The molecule has 1 aromatic heterocycles. The highest BCUT2D eigenvalue weighted by atomic mass is 16.6. The zero-order chi connectivity index (χ0) is 16.7. The van der Waals surface area contributed by atoms with Crippen LogP contribution in [-0.2, 0) is 0 Å². The molecule has 0 spiro atoms. The monoisotopic (exact) mass is 315 g/mol. The van der Waals surface area contributed by atoms with Crippen LogP contribution < -0.4 is 0 Å². The van der Waals surface area contributed by atoms with Gasteiger partial charge in [-0.25, -0.2) is 9.97 Å². The maximum absolute atomic E-state index is 11.1. The molecule has 2 aromatic carbocycles. The van der Waals surface area contributed by atoms with Crippen molar-refractivity contribution in [2.75, 3.05) is 0 Å². The first-order valence-corrected chi connectivity index (χ1v) is 6.05. The van der Waals surface area contributed by atoms with Gasteiger partial charge in [0.2, 0.25) is 0 Å². The number of rotatable bonds is 3. The van der Waals surface area contributed by atoms with Crippen molar-refractivity contribution in [3.63, 3.8) is 0 Å². The van der Waals surface area contributed by atoms with Crippen LogP contribution in [0.15, 0.2) is 30.3 Å². The lowest BCUT2D eigenvalue weighted by Crippen LogP contribution is -1.98. The molecule has 0 amide bonds. The lowest BCUT2D eigenvalue weighted by atomic mass is 10.2. The Morgan fingerprint density at radius 2 is 1.35 bits per heavy atom. The van der Waals surface area contributed by atoms with Gasteiger partial charge >= 0.3 is 5.69 Å². The maximum atomic E-state index is 11.1. The van der Waals surface area contributed by atoms with E-state index in [2.05, 4.69) is 9.97 Å². The fourth-order valence-corrected chi connectivity index (χ4v) is 2.09. The summed E-state index contributed by atoms with van der Waals surface area (Å²) in [5.74, 6) is 0. The summed E-state index contributed by atoms with van der Waals surface area (Å²) in [6.07, 6.45) is 0. The maximum Gasteiger partial charge on any atom is 0.303 e. The summed E-state index contributed by atoms with van der Waals surface area (Å²) < 4.78 is 0. The van der Waals surface area contributed by atoms with Crippen LogP contribution in [0.3, 0.4) is 0 Å². The van der Waals surface area contributed by atoms with Gasteiger partial charge in [0.05, 0.1) is 31.9 Å². The van der Waals surface area contributed by atoms with Crippen molar-refractivity contribution in [2.45, 2.75) is 0 Å². The Labute approximate surface area is 125 Å². The highest BCUT2D eigenvalue weighted by Gasteiger charge is 2.22. The van der Waals surface area contributed by atoms with Crippen LogP contribution in [0.4, 0.5) is 17.1 Å². The predicted molar refractivity (Wildman–Crippen MR) is 77.0 cm³/mol. The molecule has 0 N–H and O–H groups in total. The van der Waals surface area contributed by atoms with Crippen molar-refractivity contribution >= 4 is 39.1 Å². The first-order valence-electron chi connectivity index (χ1n) is 6.05. The second kappa shape index (κ2) is 4.91. The van der Waals surface area contributed by atoms with Gasteiger partial charge in [-0.15, -0.1) is 0 Å². The molecule has 11 heteroatoms. The van der Waals surface area contributed by atoms with Gasteiger partial charge in [-0.2, -0.15) is 0 Å². The Balaban J connectivity index is 2.40. The Bertz CT molecular complexity index is 1020. The summed E-state index contributed by atoms with van der Waals surface area (Å²) in [6.45, 7) is 0.